The monoisotopic (exact) mass is 314 g/mol. The van der Waals surface area contributed by atoms with Crippen LogP contribution in [0.25, 0.3) is 17.0 Å². The van der Waals surface area contributed by atoms with E-state index in [4.69, 9.17) is 0 Å². The van der Waals surface area contributed by atoms with Crippen molar-refractivity contribution < 1.29 is 4.79 Å². The van der Waals surface area contributed by atoms with Crippen LogP contribution in [-0.4, -0.2) is 20.5 Å². The van der Waals surface area contributed by atoms with Gasteiger partial charge in [-0.3, -0.25) is 9.20 Å². The SMILES string of the molecule is O=C(Nc1cccc(-c2nnc3ccccn23)c1)c1ccccc1. The summed E-state index contributed by atoms with van der Waals surface area (Å²) in [6.07, 6.45) is 1.92. The molecular weight excluding hydrogens is 300 g/mol. The second kappa shape index (κ2) is 5.96. The van der Waals surface area contributed by atoms with Crippen LogP contribution in [0.3, 0.4) is 0 Å². The quantitative estimate of drug-likeness (QED) is 0.628. The van der Waals surface area contributed by atoms with E-state index in [9.17, 15) is 4.79 Å². The molecule has 0 aliphatic rings. The number of nitrogens with one attached hydrogen (secondary N) is 1. The molecule has 0 aliphatic heterocycles. The molecule has 4 rings (SSSR count). The molecule has 2 aromatic heterocycles. The Morgan fingerprint density at radius 1 is 0.875 bits per heavy atom. The van der Waals surface area contributed by atoms with Gasteiger partial charge in [0, 0.05) is 23.0 Å². The number of amides is 1. The van der Waals surface area contributed by atoms with Crippen LogP contribution in [0.15, 0.2) is 79.0 Å². The van der Waals surface area contributed by atoms with Crippen molar-refractivity contribution in [3.05, 3.63) is 84.6 Å². The topological polar surface area (TPSA) is 59.3 Å². The van der Waals surface area contributed by atoms with Crippen molar-refractivity contribution in [2.75, 3.05) is 5.32 Å². The Morgan fingerprint density at radius 2 is 1.71 bits per heavy atom. The van der Waals surface area contributed by atoms with Gasteiger partial charge >= 0.3 is 0 Å². The highest BCUT2D eigenvalue weighted by Crippen LogP contribution is 2.22. The zero-order valence-corrected chi connectivity index (χ0v) is 12.8. The summed E-state index contributed by atoms with van der Waals surface area (Å²) in [4.78, 5) is 12.3. The maximum Gasteiger partial charge on any atom is 0.255 e. The lowest BCUT2D eigenvalue weighted by Crippen LogP contribution is -2.11. The summed E-state index contributed by atoms with van der Waals surface area (Å²) in [5, 5.41) is 11.3. The number of nitrogens with zero attached hydrogens (tertiary/aromatic N) is 3. The van der Waals surface area contributed by atoms with E-state index in [-0.39, 0.29) is 5.91 Å². The first kappa shape index (κ1) is 14.1. The van der Waals surface area contributed by atoms with Crippen LogP contribution in [0.5, 0.6) is 0 Å². The number of pyridine rings is 1. The second-order valence-corrected chi connectivity index (χ2v) is 5.35. The Labute approximate surface area is 138 Å². The molecule has 0 radical (unpaired) electrons. The van der Waals surface area contributed by atoms with E-state index in [0.29, 0.717) is 11.3 Å². The van der Waals surface area contributed by atoms with Crippen molar-refractivity contribution in [2.24, 2.45) is 0 Å². The molecule has 1 N–H and O–H groups in total. The van der Waals surface area contributed by atoms with E-state index >= 15 is 0 Å². The highest BCUT2D eigenvalue weighted by Gasteiger charge is 2.10. The molecule has 116 valence electrons. The molecule has 24 heavy (non-hydrogen) atoms. The van der Waals surface area contributed by atoms with Gasteiger partial charge in [-0.05, 0) is 36.4 Å². The maximum absolute atomic E-state index is 12.3. The summed E-state index contributed by atoms with van der Waals surface area (Å²) >= 11 is 0. The van der Waals surface area contributed by atoms with Crippen molar-refractivity contribution in [1.29, 1.82) is 0 Å². The molecule has 5 heteroatoms. The van der Waals surface area contributed by atoms with Crippen molar-refractivity contribution in [2.45, 2.75) is 0 Å². The van der Waals surface area contributed by atoms with Gasteiger partial charge in [-0.25, -0.2) is 0 Å². The van der Waals surface area contributed by atoms with Gasteiger partial charge in [0.2, 0.25) is 0 Å². The number of hydrogen-bond acceptors (Lipinski definition) is 3. The molecule has 2 heterocycles. The Bertz CT molecular complexity index is 1010. The van der Waals surface area contributed by atoms with Gasteiger partial charge < -0.3 is 5.32 Å². The molecule has 0 atom stereocenters. The maximum atomic E-state index is 12.3. The van der Waals surface area contributed by atoms with Gasteiger partial charge in [0.25, 0.3) is 5.91 Å². The Hall–Kier alpha value is -3.47. The average molecular weight is 314 g/mol. The fraction of sp³-hybridized carbons (Fsp3) is 0. The van der Waals surface area contributed by atoms with E-state index < -0.39 is 0 Å². The molecule has 2 aromatic carbocycles. The molecular formula is C19H14N4O. The lowest BCUT2D eigenvalue weighted by atomic mass is 10.1. The van der Waals surface area contributed by atoms with Gasteiger partial charge in [-0.15, -0.1) is 10.2 Å². The molecule has 4 aromatic rings. The van der Waals surface area contributed by atoms with Gasteiger partial charge in [0.05, 0.1) is 0 Å². The van der Waals surface area contributed by atoms with Crippen LogP contribution in [-0.2, 0) is 0 Å². The Balaban J connectivity index is 1.66. The zero-order chi connectivity index (χ0) is 16.4. The Morgan fingerprint density at radius 3 is 2.58 bits per heavy atom. The van der Waals surface area contributed by atoms with Gasteiger partial charge in [0.1, 0.15) is 0 Å². The molecule has 0 bridgehead atoms. The molecule has 0 spiro atoms. The minimum Gasteiger partial charge on any atom is -0.322 e. The van der Waals surface area contributed by atoms with Crippen LogP contribution in [0.1, 0.15) is 10.4 Å². The summed E-state index contributed by atoms with van der Waals surface area (Å²) in [6.45, 7) is 0. The van der Waals surface area contributed by atoms with Crippen LogP contribution >= 0.6 is 0 Å². The van der Waals surface area contributed by atoms with Gasteiger partial charge in [-0.1, -0.05) is 36.4 Å². The number of hydrogen-bond donors (Lipinski definition) is 1. The molecule has 0 aliphatic carbocycles. The number of fused-ring (bicyclic) bond motifs is 1. The van der Waals surface area contributed by atoms with Crippen molar-refractivity contribution in [3.63, 3.8) is 0 Å². The summed E-state index contributed by atoms with van der Waals surface area (Å²) in [5.74, 6) is 0.597. The number of carbonyl (C=O) groups is 1. The third kappa shape index (κ3) is 2.63. The molecule has 0 unspecified atom stereocenters. The lowest BCUT2D eigenvalue weighted by molar-refractivity contribution is 0.102. The lowest BCUT2D eigenvalue weighted by Gasteiger charge is -2.07. The molecule has 1 amide bonds. The van der Waals surface area contributed by atoms with Crippen LogP contribution in [0.2, 0.25) is 0 Å². The third-order valence-corrected chi connectivity index (χ3v) is 3.73. The van der Waals surface area contributed by atoms with E-state index in [0.717, 1.165) is 17.0 Å². The van der Waals surface area contributed by atoms with E-state index in [2.05, 4.69) is 15.5 Å². The number of rotatable bonds is 3. The third-order valence-electron chi connectivity index (χ3n) is 3.73. The minimum atomic E-state index is -0.140. The zero-order valence-electron chi connectivity index (χ0n) is 12.8. The number of aromatic nitrogens is 3. The first-order chi connectivity index (χ1) is 11.8. The smallest absolute Gasteiger partial charge is 0.255 e. The highest BCUT2D eigenvalue weighted by atomic mass is 16.1. The summed E-state index contributed by atoms with van der Waals surface area (Å²) < 4.78 is 1.91. The first-order valence-electron chi connectivity index (χ1n) is 7.58. The largest absolute Gasteiger partial charge is 0.322 e. The molecule has 0 saturated carbocycles. The van der Waals surface area contributed by atoms with Gasteiger partial charge in [-0.2, -0.15) is 0 Å². The summed E-state index contributed by atoms with van der Waals surface area (Å²) in [6, 6.07) is 22.5. The standard InChI is InChI=1S/C19H14N4O/c24-19(14-7-2-1-3-8-14)20-16-10-6-9-15(13-16)18-22-21-17-11-4-5-12-23(17)18/h1-13H,(H,20,24). The van der Waals surface area contributed by atoms with Crippen molar-refractivity contribution >= 4 is 17.2 Å². The number of carbonyl (C=O) groups excluding carboxylic acids is 1. The van der Waals surface area contributed by atoms with Crippen molar-refractivity contribution in [1.82, 2.24) is 14.6 Å². The normalized spacial score (nSPS) is 10.7. The van der Waals surface area contributed by atoms with Crippen LogP contribution in [0, 0.1) is 0 Å². The highest BCUT2D eigenvalue weighted by molar-refractivity contribution is 6.04. The van der Waals surface area contributed by atoms with E-state index in [1.54, 1.807) is 12.1 Å². The predicted molar refractivity (Wildman–Crippen MR) is 92.8 cm³/mol. The minimum absolute atomic E-state index is 0.140. The number of anilines is 1. The fourth-order valence-electron chi connectivity index (χ4n) is 2.57. The van der Waals surface area contributed by atoms with E-state index in [1.807, 2.05) is 71.3 Å². The predicted octanol–water partition coefficient (Wildman–Crippen LogP) is 3.65. The molecule has 5 nitrogen and oxygen atoms in total. The van der Waals surface area contributed by atoms with Gasteiger partial charge in [0.15, 0.2) is 11.5 Å². The average Bonchev–Trinajstić information content (AvgIpc) is 3.07. The number of benzene rings is 2. The molecule has 0 fully saturated rings. The van der Waals surface area contributed by atoms with Crippen LogP contribution < -0.4 is 5.32 Å². The first-order valence-corrected chi connectivity index (χ1v) is 7.58. The molecule has 0 saturated heterocycles. The van der Waals surface area contributed by atoms with E-state index in [1.165, 1.54) is 0 Å². The van der Waals surface area contributed by atoms with Crippen molar-refractivity contribution in [3.8, 4) is 11.4 Å². The Kier molecular flexibility index (Phi) is 3.51. The summed E-state index contributed by atoms with van der Waals surface area (Å²) in [5.41, 5.74) is 3.01. The van der Waals surface area contributed by atoms with Crippen LogP contribution in [0.4, 0.5) is 5.69 Å². The summed E-state index contributed by atoms with van der Waals surface area (Å²) in [7, 11) is 0. The second-order valence-electron chi connectivity index (χ2n) is 5.35. The fourth-order valence-corrected chi connectivity index (χ4v) is 2.57.